The van der Waals surface area contributed by atoms with Gasteiger partial charge in [-0.2, -0.15) is 0 Å². The van der Waals surface area contributed by atoms with Crippen LogP contribution in [0.1, 0.15) is 56.7 Å². The van der Waals surface area contributed by atoms with Crippen LogP contribution in [0.15, 0.2) is 11.4 Å². The van der Waals surface area contributed by atoms with Crippen molar-refractivity contribution >= 4 is 22.9 Å². The van der Waals surface area contributed by atoms with Gasteiger partial charge in [0, 0.05) is 4.88 Å². The van der Waals surface area contributed by atoms with Crippen molar-refractivity contribution in [3.63, 3.8) is 0 Å². The predicted molar refractivity (Wildman–Crippen MR) is 86.3 cm³/mol. The summed E-state index contributed by atoms with van der Waals surface area (Å²) in [6.45, 7) is 4.46. The maximum Gasteiger partial charge on any atom is 0.0544 e. The van der Waals surface area contributed by atoms with E-state index in [0.717, 1.165) is 11.6 Å². The summed E-state index contributed by atoms with van der Waals surface area (Å²) in [7, 11) is 0. The van der Waals surface area contributed by atoms with Gasteiger partial charge in [-0.15, -0.1) is 11.3 Å². The maximum absolute atomic E-state index is 6.23. The third-order valence-electron chi connectivity index (χ3n) is 4.57. The molecule has 0 aliphatic heterocycles. The van der Waals surface area contributed by atoms with Crippen LogP contribution in [0.4, 0.5) is 0 Å². The Morgan fingerprint density at radius 2 is 2.05 bits per heavy atom. The first kappa shape index (κ1) is 15.3. The lowest BCUT2D eigenvalue weighted by Gasteiger charge is -2.38. The van der Waals surface area contributed by atoms with Gasteiger partial charge < -0.3 is 5.32 Å². The summed E-state index contributed by atoms with van der Waals surface area (Å²) in [4.78, 5) is 1.38. The first-order chi connectivity index (χ1) is 9.26. The fourth-order valence-electron chi connectivity index (χ4n) is 3.34. The molecule has 2 rings (SSSR count). The Labute approximate surface area is 126 Å². The second kappa shape index (κ2) is 7.66. The molecule has 0 radical (unpaired) electrons. The van der Waals surface area contributed by atoms with E-state index in [0.29, 0.717) is 5.41 Å². The molecule has 0 bridgehead atoms. The second-order valence-electron chi connectivity index (χ2n) is 5.86. The minimum absolute atomic E-state index is 0.577. The highest BCUT2D eigenvalue weighted by Gasteiger charge is 2.31. The van der Waals surface area contributed by atoms with Crippen LogP contribution < -0.4 is 5.32 Å². The smallest absolute Gasteiger partial charge is 0.0544 e. The van der Waals surface area contributed by atoms with Crippen LogP contribution in [0.25, 0.3) is 0 Å². The van der Waals surface area contributed by atoms with E-state index in [1.165, 1.54) is 62.8 Å². The number of aryl methyl sites for hydroxylation is 1. The molecule has 108 valence electrons. The van der Waals surface area contributed by atoms with Crippen LogP contribution in [-0.2, 0) is 6.42 Å². The first-order valence-corrected chi connectivity index (χ1v) is 8.94. The fourth-order valence-corrected chi connectivity index (χ4v) is 4.47. The molecular weight excluding hydrogens is 274 g/mol. The molecule has 0 unspecified atom stereocenters. The monoisotopic (exact) mass is 299 g/mol. The lowest BCUT2D eigenvalue weighted by Crippen LogP contribution is -2.29. The molecule has 0 aromatic carbocycles. The van der Waals surface area contributed by atoms with E-state index in [-0.39, 0.29) is 0 Å². The van der Waals surface area contributed by atoms with Gasteiger partial charge in [0.15, 0.2) is 0 Å². The molecule has 1 aromatic heterocycles. The molecule has 19 heavy (non-hydrogen) atoms. The van der Waals surface area contributed by atoms with E-state index in [1.807, 2.05) is 17.4 Å². The molecule has 1 heterocycles. The average molecular weight is 300 g/mol. The third-order valence-corrected chi connectivity index (χ3v) is 6.02. The van der Waals surface area contributed by atoms with E-state index in [2.05, 4.69) is 17.6 Å². The zero-order valence-electron chi connectivity index (χ0n) is 12.0. The van der Waals surface area contributed by atoms with Crippen LogP contribution >= 0.6 is 22.9 Å². The van der Waals surface area contributed by atoms with E-state index in [1.54, 1.807) is 0 Å². The van der Waals surface area contributed by atoms with Crippen molar-refractivity contribution in [1.82, 2.24) is 5.32 Å². The van der Waals surface area contributed by atoms with Crippen molar-refractivity contribution in [3.8, 4) is 0 Å². The Morgan fingerprint density at radius 1 is 1.26 bits per heavy atom. The van der Waals surface area contributed by atoms with Crippen LogP contribution in [0, 0.1) is 5.41 Å². The predicted octanol–water partition coefficient (Wildman–Crippen LogP) is 5.28. The Bertz CT molecular complexity index is 369. The quantitative estimate of drug-likeness (QED) is 0.675. The zero-order chi connectivity index (χ0) is 13.6. The summed E-state index contributed by atoms with van der Waals surface area (Å²) >= 11 is 8.05. The summed E-state index contributed by atoms with van der Waals surface area (Å²) in [5.74, 6) is 0. The summed E-state index contributed by atoms with van der Waals surface area (Å²) in [5.41, 5.74) is 0.577. The van der Waals surface area contributed by atoms with Gasteiger partial charge >= 0.3 is 0 Å². The number of hydrogen-bond acceptors (Lipinski definition) is 2. The SMILES string of the molecule is CCNCCC1(CCc2sccc2Cl)CCCCC1. The largest absolute Gasteiger partial charge is 0.317 e. The van der Waals surface area contributed by atoms with Gasteiger partial charge in [-0.1, -0.05) is 37.8 Å². The lowest BCUT2D eigenvalue weighted by molar-refractivity contribution is 0.157. The normalized spacial score (nSPS) is 18.6. The molecule has 1 aliphatic rings. The topological polar surface area (TPSA) is 12.0 Å². The maximum atomic E-state index is 6.23. The van der Waals surface area contributed by atoms with Gasteiger partial charge in [0.25, 0.3) is 0 Å². The van der Waals surface area contributed by atoms with Crippen molar-refractivity contribution in [2.24, 2.45) is 5.41 Å². The van der Waals surface area contributed by atoms with Crippen molar-refractivity contribution in [2.75, 3.05) is 13.1 Å². The summed E-state index contributed by atoms with van der Waals surface area (Å²) in [6.07, 6.45) is 10.9. The lowest BCUT2D eigenvalue weighted by atomic mass is 9.69. The van der Waals surface area contributed by atoms with E-state index in [9.17, 15) is 0 Å². The highest BCUT2D eigenvalue weighted by molar-refractivity contribution is 7.10. The van der Waals surface area contributed by atoms with Crippen molar-refractivity contribution in [2.45, 2.75) is 58.3 Å². The van der Waals surface area contributed by atoms with Crippen LogP contribution in [0.3, 0.4) is 0 Å². The van der Waals surface area contributed by atoms with Gasteiger partial charge in [0.1, 0.15) is 0 Å². The fraction of sp³-hybridized carbons (Fsp3) is 0.750. The highest BCUT2D eigenvalue weighted by atomic mass is 35.5. The summed E-state index contributed by atoms with van der Waals surface area (Å²) in [5, 5.41) is 6.59. The zero-order valence-corrected chi connectivity index (χ0v) is 13.6. The minimum Gasteiger partial charge on any atom is -0.317 e. The molecule has 0 amide bonds. The summed E-state index contributed by atoms with van der Waals surface area (Å²) in [6, 6.07) is 2.04. The van der Waals surface area contributed by atoms with E-state index >= 15 is 0 Å². The first-order valence-electron chi connectivity index (χ1n) is 7.68. The summed E-state index contributed by atoms with van der Waals surface area (Å²) < 4.78 is 0. The molecule has 0 saturated heterocycles. The number of nitrogens with one attached hydrogen (secondary N) is 1. The van der Waals surface area contributed by atoms with Crippen LogP contribution in [0.2, 0.25) is 5.02 Å². The number of rotatable bonds is 7. The van der Waals surface area contributed by atoms with Crippen molar-refractivity contribution in [3.05, 3.63) is 21.3 Å². The molecule has 1 aromatic rings. The Balaban J connectivity index is 1.91. The van der Waals surface area contributed by atoms with E-state index in [4.69, 9.17) is 11.6 Å². The molecule has 1 aliphatic carbocycles. The molecule has 3 heteroatoms. The van der Waals surface area contributed by atoms with Gasteiger partial charge in [-0.05, 0) is 62.1 Å². The third kappa shape index (κ3) is 4.47. The molecule has 0 atom stereocenters. The Morgan fingerprint density at radius 3 is 2.68 bits per heavy atom. The molecular formula is C16H26ClNS. The molecule has 1 N–H and O–H groups in total. The number of halogens is 1. The minimum atomic E-state index is 0.577. The number of hydrogen-bond donors (Lipinski definition) is 1. The molecule has 0 spiro atoms. The Hall–Kier alpha value is -0.0500. The average Bonchev–Trinajstić information content (AvgIpc) is 2.84. The number of thiophene rings is 1. The molecule has 1 saturated carbocycles. The highest BCUT2D eigenvalue weighted by Crippen LogP contribution is 2.43. The molecule has 1 fully saturated rings. The Kier molecular flexibility index (Phi) is 6.18. The second-order valence-corrected chi connectivity index (χ2v) is 7.26. The van der Waals surface area contributed by atoms with Gasteiger partial charge in [0.05, 0.1) is 5.02 Å². The van der Waals surface area contributed by atoms with Crippen molar-refractivity contribution < 1.29 is 0 Å². The van der Waals surface area contributed by atoms with Crippen molar-refractivity contribution in [1.29, 1.82) is 0 Å². The molecule has 1 nitrogen and oxygen atoms in total. The van der Waals surface area contributed by atoms with Gasteiger partial charge in [-0.3, -0.25) is 0 Å². The van der Waals surface area contributed by atoms with Crippen LogP contribution in [-0.4, -0.2) is 13.1 Å². The van der Waals surface area contributed by atoms with Crippen LogP contribution in [0.5, 0.6) is 0 Å². The van der Waals surface area contributed by atoms with Gasteiger partial charge in [-0.25, -0.2) is 0 Å². The standard InChI is InChI=1S/C16H26ClNS/c1-2-18-12-11-16(8-4-3-5-9-16)10-6-15-14(17)7-13-19-15/h7,13,18H,2-6,8-12H2,1H3. The van der Waals surface area contributed by atoms with Gasteiger partial charge in [0.2, 0.25) is 0 Å². The van der Waals surface area contributed by atoms with E-state index < -0.39 is 0 Å².